The van der Waals surface area contributed by atoms with Crippen LogP contribution in [0.2, 0.25) is 0 Å². The predicted molar refractivity (Wildman–Crippen MR) is 42.3 cm³/mol. The van der Waals surface area contributed by atoms with Gasteiger partial charge in [0, 0.05) is 0 Å². The molecule has 0 N–H and O–H groups in total. The molecule has 1 heterocycles. The second-order valence-electron chi connectivity index (χ2n) is 3.86. The summed E-state index contributed by atoms with van der Waals surface area (Å²) in [7, 11) is 0. The van der Waals surface area contributed by atoms with Gasteiger partial charge >= 0.3 is 0 Å². The van der Waals surface area contributed by atoms with Crippen molar-refractivity contribution < 1.29 is 0 Å². The minimum Gasteiger partial charge on any atom is -0.178 e. The van der Waals surface area contributed by atoms with Crippen LogP contribution in [0.25, 0.3) is 0 Å². The van der Waals surface area contributed by atoms with E-state index in [9.17, 15) is 0 Å². The highest BCUT2D eigenvalue weighted by Gasteiger charge is 2.45. The molecule has 58 valence electrons. The maximum atomic E-state index is 4.44. The number of hydrogen-bond acceptors (Lipinski definition) is 2. The average molecular weight is 148 g/mol. The van der Waals surface area contributed by atoms with Crippen LogP contribution in [-0.2, 0) is 0 Å². The lowest BCUT2D eigenvalue weighted by Gasteiger charge is -2.24. The average Bonchev–Trinajstić information content (AvgIpc) is 2.47. The molecule has 1 aliphatic heterocycles. The summed E-state index contributed by atoms with van der Waals surface area (Å²) in [4.78, 5) is 0. The largest absolute Gasteiger partial charge is 0.178 e. The van der Waals surface area contributed by atoms with Gasteiger partial charge in [-0.15, -0.1) is 0 Å². The maximum Gasteiger partial charge on any atom is 0.105 e. The first-order chi connectivity index (χ1) is 5.41. The zero-order valence-corrected chi connectivity index (χ0v) is 6.64. The summed E-state index contributed by atoms with van der Waals surface area (Å²) >= 11 is 0. The van der Waals surface area contributed by atoms with Crippen LogP contribution in [0, 0.1) is 0 Å². The minimum absolute atomic E-state index is 0.244. The lowest BCUT2D eigenvalue weighted by atomic mass is 9.83. The number of nitrogens with zero attached hydrogens (tertiary/aromatic N) is 2. The summed E-state index contributed by atoms with van der Waals surface area (Å²) in [5.74, 6) is 0. The second-order valence-corrected chi connectivity index (χ2v) is 3.86. The standard InChI is InChI=1S/C9H12N2/c1-3-7-8-4-2-6-9(7,5-1)11-10-8/h1-6H2. The SMILES string of the molecule is C1CC2=C3CCCC3(C1)N=N2. The highest BCUT2D eigenvalue weighted by molar-refractivity contribution is 5.35. The Morgan fingerprint density at radius 3 is 2.73 bits per heavy atom. The van der Waals surface area contributed by atoms with Crippen LogP contribution in [0.5, 0.6) is 0 Å². The molecular formula is C9H12N2. The number of allylic oxidation sites excluding steroid dienone is 1. The van der Waals surface area contributed by atoms with E-state index in [-0.39, 0.29) is 5.54 Å². The molecule has 3 rings (SSSR count). The molecule has 0 aromatic heterocycles. The Hall–Kier alpha value is -0.660. The van der Waals surface area contributed by atoms with Crippen molar-refractivity contribution in [2.24, 2.45) is 10.2 Å². The molecule has 1 atom stereocenters. The Morgan fingerprint density at radius 1 is 1.09 bits per heavy atom. The molecule has 2 nitrogen and oxygen atoms in total. The van der Waals surface area contributed by atoms with Gasteiger partial charge in [0.1, 0.15) is 5.54 Å². The predicted octanol–water partition coefficient (Wildman–Crippen LogP) is 2.81. The summed E-state index contributed by atoms with van der Waals surface area (Å²) in [5, 5.41) is 8.72. The molecule has 11 heavy (non-hydrogen) atoms. The van der Waals surface area contributed by atoms with Crippen molar-refractivity contribution >= 4 is 0 Å². The van der Waals surface area contributed by atoms with Gasteiger partial charge in [0.2, 0.25) is 0 Å². The van der Waals surface area contributed by atoms with E-state index in [4.69, 9.17) is 0 Å². The van der Waals surface area contributed by atoms with Crippen molar-refractivity contribution in [1.29, 1.82) is 0 Å². The Balaban J connectivity index is 2.18. The Morgan fingerprint density at radius 2 is 1.91 bits per heavy atom. The van der Waals surface area contributed by atoms with Gasteiger partial charge in [-0.1, -0.05) is 0 Å². The van der Waals surface area contributed by atoms with Crippen LogP contribution in [0.4, 0.5) is 0 Å². The Kier molecular flexibility index (Phi) is 0.935. The molecule has 0 saturated heterocycles. The maximum absolute atomic E-state index is 4.44. The molecule has 3 aliphatic rings. The fourth-order valence-corrected chi connectivity index (χ4v) is 2.76. The number of hydrogen-bond donors (Lipinski definition) is 0. The van der Waals surface area contributed by atoms with E-state index in [2.05, 4.69) is 10.2 Å². The first-order valence-corrected chi connectivity index (χ1v) is 4.56. The summed E-state index contributed by atoms with van der Waals surface area (Å²) in [6.07, 6.45) is 7.68. The van der Waals surface area contributed by atoms with E-state index in [0.29, 0.717) is 0 Å². The van der Waals surface area contributed by atoms with E-state index < -0.39 is 0 Å². The van der Waals surface area contributed by atoms with E-state index in [0.717, 1.165) is 0 Å². The molecule has 0 aromatic carbocycles. The highest BCUT2D eigenvalue weighted by Crippen LogP contribution is 2.51. The van der Waals surface area contributed by atoms with Crippen molar-refractivity contribution in [3.63, 3.8) is 0 Å². The van der Waals surface area contributed by atoms with Crippen LogP contribution < -0.4 is 0 Å². The molecular weight excluding hydrogens is 136 g/mol. The van der Waals surface area contributed by atoms with Gasteiger partial charge in [-0.05, 0) is 44.1 Å². The lowest BCUT2D eigenvalue weighted by molar-refractivity contribution is 0.448. The third-order valence-corrected chi connectivity index (χ3v) is 3.29. The Bertz CT molecular complexity index is 265. The Labute approximate surface area is 66.4 Å². The topological polar surface area (TPSA) is 24.7 Å². The fourth-order valence-electron chi connectivity index (χ4n) is 2.76. The molecule has 0 radical (unpaired) electrons. The molecule has 1 saturated carbocycles. The molecule has 0 spiro atoms. The summed E-state index contributed by atoms with van der Waals surface area (Å²) in [6, 6.07) is 0. The summed E-state index contributed by atoms with van der Waals surface area (Å²) in [6.45, 7) is 0. The quantitative estimate of drug-likeness (QED) is 0.504. The fraction of sp³-hybridized carbons (Fsp3) is 0.778. The van der Waals surface area contributed by atoms with Crippen LogP contribution in [-0.4, -0.2) is 5.54 Å². The van der Waals surface area contributed by atoms with Crippen LogP contribution in [0.1, 0.15) is 38.5 Å². The van der Waals surface area contributed by atoms with E-state index in [1.54, 1.807) is 5.57 Å². The normalized spacial score (nSPS) is 40.0. The molecule has 0 amide bonds. The third-order valence-electron chi connectivity index (χ3n) is 3.29. The molecule has 1 unspecified atom stereocenters. The first-order valence-electron chi connectivity index (χ1n) is 4.56. The number of rotatable bonds is 0. The van der Waals surface area contributed by atoms with E-state index in [1.807, 2.05) is 0 Å². The van der Waals surface area contributed by atoms with Crippen molar-refractivity contribution in [3.05, 3.63) is 11.3 Å². The van der Waals surface area contributed by atoms with Crippen LogP contribution >= 0.6 is 0 Å². The van der Waals surface area contributed by atoms with Crippen LogP contribution in [0.15, 0.2) is 21.5 Å². The third kappa shape index (κ3) is 0.585. The molecule has 1 fully saturated rings. The zero-order valence-electron chi connectivity index (χ0n) is 6.64. The van der Waals surface area contributed by atoms with Gasteiger partial charge < -0.3 is 0 Å². The van der Waals surface area contributed by atoms with E-state index >= 15 is 0 Å². The van der Waals surface area contributed by atoms with Gasteiger partial charge in [-0.2, -0.15) is 10.2 Å². The van der Waals surface area contributed by atoms with Crippen molar-refractivity contribution in [2.75, 3.05) is 0 Å². The molecule has 2 heteroatoms. The van der Waals surface area contributed by atoms with Crippen molar-refractivity contribution in [1.82, 2.24) is 0 Å². The smallest absolute Gasteiger partial charge is 0.105 e. The monoisotopic (exact) mass is 148 g/mol. The van der Waals surface area contributed by atoms with Gasteiger partial charge in [-0.25, -0.2) is 0 Å². The lowest BCUT2D eigenvalue weighted by Crippen LogP contribution is -2.24. The minimum atomic E-state index is 0.244. The number of azo groups is 1. The van der Waals surface area contributed by atoms with E-state index in [1.165, 1.54) is 44.2 Å². The van der Waals surface area contributed by atoms with Gasteiger partial charge in [0.15, 0.2) is 0 Å². The van der Waals surface area contributed by atoms with Gasteiger partial charge in [-0.3, -0.25) is 0 Å². The second kappa shape index (κ2) is 1.74. The van der Waals surface area contributed by atoms with Crippen molar-refractivity contribution in [3.8, 4) is 0 Å². The highest BCUT2D eigenvalue weighted by atomic mass is 15.2. The summed E-state index contributed by atoms with van der Waals surface area (Å²) < 4.78 is 0. The van der Waals surface area contributed by atoms with Crippen LogP contribution in [0.3, 0.4) is 0 Å². The molecule has 2 bridgehead atoms. The first kappa shape index (κ1) is 5.92. The van der Waals surface area contributed by atoms with Gasteiger partial charge in [0.05, 0.1) is 5.70 Å². The van der Waals surface area contributed by atoms with Gasteiger partial charge in [0.25, 0.3) is 0 Å². The van der Waals surface area contributed by atoms with Crippen molar-refractivity contribution in [2.45, 2.75) is 44.1 Å². The summed E-state index contributed by atoms with van der Waals surface area (Å²) in [5.41, 5.74) is 3.19. The molecule has 2 aliphatic carbocycles. The molecule has 0 aromatic rings. The zero-order chi connectivity index (χ0) is 7.31.